The number of carbonyl (C=O) groups excluding carboxylic acids is 1. The van der Waals surface area contributed by atoms with E-state index in [2.05, 4.69) is 43.9 Å². The van der Waals surface area contributed by atoms with Gasteiger partial charge in [0.2, 0.25) is 5.91 Å². The van der Waals surface area contributed by atoms with Gasteiger partial charge in [0.05, 0.1) is 0 Å². The molecule has 0 aromatic heterocycles. The van der Waals surface area contributed by atoms with Crippen LogP contribution in [-0.4, -0.2) is 11.7 Å². The zero-order chi connectivity index (χ0) is 16.2. The summed E-state index contributed by atoms with van der Waals surface area (Å²) in [6, 6.07) is 8.34. The Morgan fingerprint density at radius 3 is 2.64 bits per heavy atom. The lowest BCUT2D eigenvalue weighted by Gasteiger charge is -2.14. The van der Waals surface area contributed by atoms with Crippen molar-refractivity contribution in [3.63, 3.8) is 0 Å². The van der Waals surface area contributed by atoms with Gasteiger partial charge >= 0.3 is 0 Å². The van der Waals surface area contributed by atoms with Gasteiger partial charge in [0.25, 0.3) is 0 Å². The van der Waals surface area contributed by atoms with Crippen LogP contribution in [0.5, 0.6) is 0 Å². The number of primary amides is 1. The molecule has 22 heavy (non-hydrogen) atoms. The number of benzene rings is 1. The summed E-state index contributed by atoms with van der Waals surface area (Å²) in [6.45, 7) is 4.52. The second-order valence-electron chi connectivity index (χ2n) is 5.55. The zero-order valence-electron chi connectivity index (χ0n) is 13.7. The minimum atomic E-state index is -0.295. The van der Waals surface area contributed by atoms with E-state index >= 15 is 0 Å². The van der Waals surface area contributed by atoms with Crippen LogP contribution >= 0.6 is 11.8 Å². The minimum Gasteiger partial charge on any atom is -0.370 e. The van der Waals surface area contributed by atoms with Gasteiger partial charge in [-0.2, -0.15) is 0 Å². The molecule has 0 spiro atoms. The number of amides is 1. The van der Waals surface area contributed by atoms with Gasteiger partial charge < -0.3 is 5.73 Å². The van der Waals surface area contributed by atoms with E-state index in [-0.39, 0.29) is 5.91 Å². The molecule has 1 aromatic rings. The Balaban J connectivity index is 2.54. The van der Waals surface area contributed by atoms with Crippen molar-refractivity contribution in [1.29, 1.82) is 0 Å². The summed E-state index contributed by atoms with van der Waals surface area (Å²) in [5, 5.41) is 0. The molecular weight excluding hydrogens is 290 g/mol. The topological polar surface area (TPSA) is 43.1 Å². The Labute approximate surface area is 139 Å². The molecule has 0 aliphatic carbocycles. The van der Waals surface area contributed by atoms with Crippen LogP contribution in [0.1, 0.15) is 57.9 Å². The van der Waals surface area contributed by atoms with Crippen molar-refractivity contribution in [2.24, 2.45) is 11.7 Å². The number of nitrogens with two attached hydrogens (primary N) is 1. The van der Waals surface area contributed by atoms with Crippen LogP contribution in [0.4, 0.5) is 0 Å². The van der Waals surface area contributed by atoms with Gasteiger partial charge in [-0.3, -0.25) is 4.79 Å². The maximum absolute atomic E-state index is 10.7. The van der Waals surface area contributed by atoms with Crippen molar-refractivity contribution >= 4 is 17.7 Å². The molecule has 2 nitrogen and oxygen atoms in total. The van der Waals surface area contributed by atoms with Crippen LogP contribution in [0, 0.1) is 17.8 Å². The fraction of sp³-hybridized carbons (Fsp3) is 0.526. The summed E-state index contributed by atoms with van der Waals surface area (Å²) in [4.78, 5) is 11.9. The highest BCUT2D eigenvalue weighted by Gasteiger charge is 2.07. The Bertz CT molecular complexity index is 510. The first-order valence-electron chi connectivity index (χ1n) is 8.15. The fourth-order valence-corrected chi connectivity index (χ4v) is 3.50. The highest BCUT2D eigenvalue weighted by Crippen LogP contribution is 2.25. The van der Waals surface area contributed by atoms with E-state index < -0.39 is 0 Å². The molecule has 0 aliphatic rings. The predicted molar refractivity (Wildman–Crippen MR) is 95.8 cm³/mol. The quantitative estimate of drug-likeness (QED) is 0.534. The van der Waals surface area contributed by atoms with Gasteiger partial charge in [-0.15, -0.1) is 11.8 Å². The van der Waals surface area contributed by atoms with E-state index in [1.807, 2.05) is 17.8 Å². The van der Waals surface area contributed by atoms with Gasteiger partial charge in [0.1, 0.15) is 0 Å². The first kappa shape index (κ1) is 18.6. The highest BCUT2D eigenvalue weighted by atomic mass is 32.2. The van der Waals surface area contributed by atoms with E-state index in [0.717, 1.165) is 11.5 Å². The second kappa shape index (κ2) is 11.2. The fourth-order valence-electron chi connectivity index (χ4n) is 2.36. The van der Waals surface area contributed by atoms with Crippen LogP contribution in [-0.2, 0) is 4.79 Å². The van der Waals surface area contributed by atoms with Crippen molar-refractivity contribution in [2.45, 2.75) is 57.3 Å². The summed E-state index contributed by atoms with van der Waals surface area (Å²) < 4.78 is 0. The lowest BCUT2D eigenvalue weighted by molar-refractivity contribution is -0.117. The molecule has 0 saturated heterocycles. The predicted octanol–water partition coefficient (Wildman–Crippen LogP) is 4.61. The average Bonchev–Trinajstić information content (AvgIpc) is 2.50. The first-order chi connectivity index (χ1) is 10.7. The summed E-state index contributed by atoms with van der Waals surface area (Å²) >= 11 is 1.92. The molecule has 1 rings (SSSR count). The average molecular weight is 317 g/mol. The molecule has 0 unspecified atom stereocenters. The number of rotatable bonds is 9. The Kier molecular flexibility index (Phi) is 9.50. The Hall–Kier alpha value is -1.40. The smallest absolute Gasteiger partial charge is 0.218 e. The number of thioether (sulfide) groups is 1. The molecule has 120 valence electrons. The van der Waals surface area contributed by atoms with Crippen LogP contribution in [0.3, 0.4) is 0 Å². The first-order valence-corrected chi connectivity index (χ1v) is 9.14. The third-order valence-electron chi connectivity index (χ3n) is 3.44. The van der Waals surface area contributed by atoms with E-state index in [0.29, 0.717) is 12.8 Å². The summed E-state index contributed by atoms with van der Waals surface area (Å²) in [5.41, 5.74) is 6.11. The van der Waals surface area contributed by atoms with Crippen molar-refractivity contribution in [3.05, 3.63) is 29.8 Å². The van der Waals surface area contributed by atoms with Gasteiger partial charge in [-0.05, 0) is 37.0 Å². The van der Waals surface area contributed by atoms with Crippen molar-refractivity contribution in [3.8, 4) is 11.8 Å². The normalized spacial score (nSPS) is 10.3. The maximum atomic E-state index is 10.7. The minimum absolute atomic E-state index is 0.295. The van der Waals surface area contributed by atoms with Gasteiger partial charge in [0, 0.05) is 29.1 Å². The molecule has 0 fully saturated rings. The summed E-state index contributed by atoms with van der Waals surface area (Å²) in [6.07, 6.45) is 6.01. The molecule has 1 aromatic carbocycles. The third kappa shape index (κ3) is 8.14. The standard InChI is InChI=1S/C19H27NOS/c1-3-8-17(9-4-2)15-22-18-12-7-11-16(14-18)10-5-6-13-19(20)21/h7,11-12,14,17H,3-4,6,8-9,13,15H2,1-2H3,(H2,20,21). The lowest BCUT2D eigenvalue weighted by Crippen LogP contribution is -2.08. The summed E-state index contributed by atoms with van der Waals surface area (Å²) in [5.74, 6) is 7.81. The van der Waals surface area contributed by atoms with Crippen LogP contribution in [0.15, 0.2) is 29.2 Å². The Morgan fingerprint density at radius 2 is 2.00 bits per heavy atom. The van der Waals surface area contributed by atoms with E-state index in [1.54, 1.807) is 0 Å². The largest absolute Gasteiger partial charge is 0.370 e. The van der Waals surface area contributed by atoms with Gasteiger partial charge in [-0.1, -0.05) is 44.6 Å². The van der Waals surface area contributed by atoms with Crippen molar-refractivity contribution in [2.75, 3.05) is 5.75 Å². The third-order valence-corrected chi connectivity index (χ3v) is 4.67. The van der Waals surface area contributed by atoms with Crippen LogP contribution in [0.25, 0.3) is 0 Å². The molecule has 0 radical (unpaired) electrons. The molecule has 0 bridgehead atoms. The number of hydrogen-bond donors (Lipinski definition) is 1. The molecular formula is C19H27NOS. The second-order valence-corrected chi connectivity index (χ2v) is 6.64. The Morgan fingerprint density at radius 1 is 1.27 bits per heavy atom. The van der Waals surface area contributed by atoms with Gasteiger partial charge in [-0.25, -0.2) is 0 Å². The number of carbonyl (C=O) groups is 1. The van der Waals surface area contributed by atoms with E-state index in [4.69, 9.17) is 5.73 Å². The van der Waals surface area contributed by atoms with Crippen LogP contribution in [0.2, 0.25) is 0 Å². The SMILES string of the molecule is CCCC(CCC)CSc1cccc(C#CCCC(N)=O)c1. The lowest BCUT2D eigenvalue weighted by atomic mass is 10.0. The van der Waals surface area contributed by atoms with Crippen molar-refractivity contribution in [1.82, 2.24) is 0 Å². The molecule has 0 saturated carbocycles. The van der Waals surface area contributed by atoms with E-state index in [9.17, 15) is 4.79 Å². The van der Waals surface area contributed by atoms with Crippen molar-refractivity contribution < 1.29 is 4.79 Å². The van der Waals surface area contributed by atoms with Gasteiger partial charge in [0.15, 0.2) is 0 Å². The molecule has 2 N–H and O–H groups in total. The zero-order valence-corrected chi connectivity index (χ0v) is 14.5. The summed E-state index contributed by atoms with van der Waals surface area (Å²) in [7, 11) is 0. The molecule has 1 amide bonds. The molecule has 0 heterocycles. The van der Waals surface area contributed by atoms with E-state index in [1.165, 1.54) is 36.3 Å². The molecule has 3 heteroatoms. The van der Waals surface area contributed by atoms with Crippen LogP contribution < -0.4 is 5.73 Å². The highest BCUT2D eigenvalue weighted by molar-refractivity contribution is 7.99. The molecule has 0 aliphatic heterocycles. The monoisotopic (exact) mass is 317 g/mol. The number of hydrogen-bond acceptors (Lipinski definition) is 2. The maximum Gasteiger partial charge on any atom is 0.218 e. The molecule has 0 atom stereocenters.